The number of nitrogens with one attached hydrogen (secondary N) is 1. The summed E-state index contributed by atoms with van der Waals surface area (Å²) in [6.07, 6.45) is -2.76. The number of hydrogen-bond acceptors (Lipinski definition) is 7. The minimum absolute atomic E-state index is 0.0953. The fourth-order valence-corrected chi connectivity index (χ4v) is 7.63. The Morgan fingerprint density at radius 3 is 2.66 bits per heavy atom. The van der Waals surface area contributed by atoms with Crippen LogP contribution >= 0.6 is 0 Å². The van der Waals surface area contributed by atoms with E-state index in [2.05, 4.69) is 5.32 Å². The van der Waals surface area contributed by atoms with Gasteiger partial charge in [0.2, 0.25) is 11.8 Å². The van der Waals surface area contributed by atoms with E-state index in [-0.39, 0.29) is 18.6 Å². The number of imide groups is 1. The van der Waals surface area contributed by atoms with E-state index in [4.69, 9.17) is 9.47 Å². The summed E-state index contributed by atoms with van der Waals surface area (Å²) in [5, 5.41) is 38.1. The van der Waals surface area contributed by atoms with Crippen molar-refractivity contribution in [3.8, 4) is 17.2 Å². The Kier molecular flexibility index (Phi) is 3.63. The van der Waals surface area contributed by atoms with E-state index in [1.807, 2.05) is 19.1 Å². The van der Waals surface area contributed by atoms with Crippen molar-refractivity contribution in [3.63, 3.8) is 0 Å². The molecule has 3 aromatic rings. The molecular formula is C27H23NO7. The maximum absolute atomic E-state index is 13.9. The van der Waals surface area contributed by atoms with Crippen molar-refractivity contribution in [1.29, 1.82) is 0 Å². The van der Waals surface area contributed by atoms with Crippen LogP contribution in [0.25, 0.3) is 10.8 Å². The van der Waals surface area contributed by atoms with Crippen molar-refractivity contribution in [1.82, 2.24) is 5.32 Å². The van der Waals surface area contributed by atoms with Crippen LogP contribution < -0.4 is 14.8 Å². The molecule has 0 radical (unpaired) electrons. The molecule has 0 aromatic heterocycles. The lowest BCUT2D eigenvalue weighted by atomic mass is 9.48. The fourth-order valence-electron chi connectivity index (χ4n) is 7.63. The van der Waals surface area contributed by atoms with Crippen molar-refractivity contribution in [2.75, 3.05) is 7.11 Å². The van der Waals surface area contributed by atoms with Gasteiger partial charge in [0.25, 0.3) is 0 Å². The van der Waals surface area contributed by atoms with Gasteiger partial charge >= 0.3 is 0 Å². The molecular weight excluding hydrogens is 450 g/mol. The van der Waals surface area contributed by atoms with Crippen molar-refractivity contribution in [3.05, 3.63) is 64.7 Å². The summed E-state index contributed by atoms with van der Waals surface area (Å²) in [5.41, 5.74) is -3.12. The topological polar surface area (TPSA) is 125 Å². The SMILES string of the molecule is COc1cccc2c1[C@H](O)[C@@]13CC(O)C[C@@]1(C(=O)NC3=O)C21Oc2cc(C)cc3ccc(O)c1c23. The maximum atomic E-state index is 13.9. The smallest absolute Gasteiger partial charge is 0.238 e. The van der Waals surface area contributed by atoms with Crippen molar-refractivity contribution < 1.29 is 34.4 Å². The number of methoxy groups -OCH3 is 1. The van der Waals surface area contributed by atoms with Gasteiger partial charge in [0, 0.05) is 16.5 Å². The summed E-state index contributed by atoms with van der Waals surface area (Å²) in [5.74, 6) is -0.597. The molecule has 5 atom stereocenters. The van der Waals surface area contributed by atoms with E-state index in [0.717, 1.165) is 10.9 Å². The van der Waals surface area contributed by atoms with Gasteiger partial charge in [-0.3, -0.25) is 14.9 Å². The minimum Gasteiger partial charge on any atom is -0.507 e. The highest BCUT2D eigenvalue weighted by molar-refractivity contribution is 6.13. The first-order chi connectivity index (χ1) is 16.7. The zero-order valence-corrected chi connectivity index (χ0v) is 19.1. The molecule has 0 bridgehead atoms. The summed E-state index contributed by atoms with van der Waals surface area (Å²) in [4.78, 5) is 27.6. The Morgan fingerprint density at radius 1 is 1.09 bits per heavy atom. The van der Waals surface area contributed by atoms with Crippen LogP contribution in [0.2, 0.25) is 0 Å². The zero-order valence-electron chi connectivity index (χ0n) is 19.1. The highest BCUT2D eigenvalue weighted by Gasteiger charge is 2.85. The Morgan fingerprint density at radius 2 is 1.89 bits per heavy atom. The van der Waals surface area contributed by atoms with Crippen molar-refractivity contribution in [2.24, 2.45) is 10.8 Å². The molecule has 8 nitrogen and oxygen atoms in total. The second-order valence-electron chi connectivity index (χ2n) is 10.2. The summed E-state index contributed by atoms with van der Waals surface area (Å²) in [6, 6.07) is 12.3. The number of aliphatic hydroxyl groups is 2. The first-order valence-corrected chi connectivity index (χ1v) is 11.6. The summed E-state index contributed by atoms with van der Waals surface area (Å²) in [7, 11) is 1.46. The maximum Gasteiger partial charge on any atom is 0.238 e. The predicted octanol–water partition coefficient (Wildman–Crippen LogP) is 2.33. The number of phenols is 1. The van der Waals surface area contributed by atoms with Crippen LogP contribution in [0.1, 0.15) is 41.2 Å². The number of rotatable bonds is 1. The van der Waals surface area contributed by atoms with Gasteiger partial charge < -0.3 is 24.8 Å². The highest BCUT2D eigenvalue weighted by Crippen LogP contribution is 2.77. The number of carbonyl (C=O) groups excluding carboxylic acids is 2. The Balaban J connectivity index is 1.73. The molecule has 2 amide bonds. The molecule has 2 aliphatic carbocycles. The van der Waals surface area contributed by atoms with Gasteiger partial charge in [-0.2, -0.15) is 0 Å². The monoisotopic (exact) mass is 473 g/mol. The number of amides is 2. The first kappa shape index (κ1) is 20.7. The number of ether oxygens (including phenoxy) is 2. The molecule has 1 saturated carbocycles. The fraction of sp³-hybridized carbons (Fsp3) is 0.333. The van der Waals surface area contributed by atoms with Gasteiger partial charge in [-0.05, 0) is 48.9 Å². The summed E-state index contributed by atoms with van der Waals surface area (Å²) >= 11 is 0. The molecule has 1 spiro atoms. The molecule has 1 saturated heterocycles. The van der Waals surface area contributed by atoms with Gasteiger partial charge in [-0.25, -0.2) is 0 Å². The molecule has 7 rings (SSSR count). The van der Waals surface area contributed by atoms with Gasteiger partial charge in [-0.15, -0.1) is 0 Å². The molecule has 2 aliphatic heterocycles. The molecule has 4 N–H and O–H groups in total. The second kappa shape index (κ2) is 6.13. The lowest BCUT2D eigenvalue weighted by Gasteiger charge is -2.54. The lowest BCUT2D eigenvalue weighted by molar-refractivity contribution is -0.172. The molecule has 178 valence electrons. The molecule has 3 aromatic carbocycles. The van der Waals surface area contributed by atoms with Gasteiger partial charge in [0.1, 0.15) is 28.1 Å². The van der Waals surface area contributed by atoms with E-state index in [1.165, 1.54) is 7.11 Å². The number of aromatic hydroxyl groups is 1. The van der Waals surface area contributed by atoms with Crippen LogP contribution in [0.15, 0.2) is 42.5 Å². The number of benzene rings is 3. The zero-order chi connectivity index (χ0) is 24.5. The lowest BCUT2D eigenvalue weighted by Crippen LogP contribution is -2.63. The quantitative estimate of drug-likeness (QED) is 0.400. The third-order valence-corrected chi connectivity index (χ3v) is 8.71. The van der Waals surface area contributed by atoms with Crippen molar-refractivity contribution >= 4 is 22.6 Å². The molecule has 8 heteroatoms. The second-order valence-corrected chi connectivity index (χ2v) is 10.2. The first-order valence-electron chi connectivity index (χ1n) is 11.6. The molecule has 4 aliphatic rings. The molecule has 35 heavy (non-hydrogen) atoms. The van der Waals surface area contributed by atoms with E-state index < -0.39 is 40.5 Å². The summed E-state index contributed by atoms with van der Waals surface area (Å²) < 4.78 is 12.4. The van der Waals surface area contributed by atoms with Gasteiger partial charge in [-0.1, -0.05) is 24.3 Å². The average molecular weight is 473 g/mol. The molecule has 2 unspecified atom stereocenters. The van der Waals surface area contributed by atoms with Crippen LogP contribution in [0.3, 0.4) is 0 Å². The number of hydrogen-bond donors (Lipinski definition) is 4. The third-order valence-electron chi connectivity index (χ3n) is 8.71. The molecule has 2 fully saturated rings. The van der Waals surface area contributed by atoms with E-state index in [9.17, 15) is 24.9 Å². The van der Waals surface area contributed by atoms with Crippen LogP contribution in [0.5, 0.6) is 17.2 Å². The third kappa shape index (κ3) is 1.94. The Hall–Kier alpha value is -3.62. The van der Waals surface area contributed by atoms with Crippen molar-refractivity contribution in [2.45, 2.75) is 37.6 Å². The number of aryl methyl sites for hydroxylation is 1. The Labute approximate surface area is 200 Å². The average Bonchev–Trinajstić information content (AvgIpc) is 3.41. The number of phenolic OH excluding ortho intramolecular Hbond substituents is 1. The van der Waals surface area contributed by atoms with Gasteiger partial charge in [0.05, 0.1) is 24.9 Å². The number of carbonyl (C=O) groups is 2. The van der Waals surface area contributed by atoms with Crippen LogP contribution in [0.4, 0.5) is 0 Å². The highest BCUT2D eigenvalue weighted by atomic mass is 16.5. The van der Waals surface area contributed by atoms with E-state index in [0.29, 0.717) is 33.6 Å². The van der Waals surface area contributed by atoms with Crippen LogP contribution in [-0.2, 0) is 15.2 Å². The van der Waals surface area contributed by atoms with Gasteiger partial charge in [0.15, 0.2) is 5.60 Å². The number of fused-ring (bicyclic) bond motifs is 3. The van der Waals surface area contributed by atoms with Crippen LogP contribution in [0, 0.1) is 17.8 Å². The minimum atomic E-state index is -1.73. The predicted molar refractivity (Wildman–Crippen MR) is 123 cm³/mol. The normalized spacial score (nSPS) is 33.9. The van der Waals surface area contributed by atoms with E-state index in [1.54, 1.807) is 30.3 Å². The van der Waals surface area contributed by atoms with Crippen LogP contribution in [-0.4, -0.2) is 40.3 Å². The largest absolute Gasteiger partial charge is 0.507 e. The standard InChI is InChI=1S/C27H23NO7/c1-12-8-13-6-7-16(30)21-19(13)18(9-12)35-27(21)15-4-3-5-17(34-2)20(15)22(31)25-10-14(29)11-26(25,27)24(33)28-23(25)32/h3-9,14,22,29-31H,10-11H2,1-2H3,(H,28,32,33)/t14?,22-,25+,26-,27?/m0/s1. The Bertz CT molecular complexity index is 1520. The number of aliphatic hydroxyl groups excluding tert-OH is 2. The molecule has 2 heterocycles. The summed E-state index contributed by atoms with van der Waals surface area (Å²) in [6.45, 7) is 1.92. The van der Waals surface area contributed by atoms with E-state index >= 15 is 0 Å².